The first-order chi connectivity index (χ1) is 12.8. The van der Waals surface area contributed by atoms with Gasteiger partial charge in [-0.25, -0.2) is 4.57 Å². The molecule has 0 aliphatic rings. The quantitative estimate of drug-likeness (QED) is 0.419. The van der Waals surface area contributed by atoms with E-state index in [-0.39, 0.29) is 11.5 Å². The SMILES string of the molecule is COc1ccc(C(C#N)=Cc2ccc(OP(=O)(O)O)c(OC)c2)cc1OC. The van der Waals surface area contributed by atoms with E-state index in [1.54, 1.807) is 30.3 Å². The highest BCUT2D eigenvalue weighted by molar-refractivity contribution is 7.46. The molecule has 142 valence electrons. The summed E-state index contributed by atoms with van der Waals surface area (Å²) in [6.07, 6.45) is 1.60. The summed E-state index contributed by atoms with van der Waals surface area (Å²) in [4.78, 5) is 17.9. The standard InChI is InChI=1S/C18H18NO7P/c1-23-15-7-5-13(10-18(15)25-3)14(11-19)8-12-4-6-16(17(9-12)24-2)26-27(20,21)22/h4-10H,1-3H3,(H2,20,21,22). The summed E-state index contributed by atoms with van der Waals surface area (Å²) in [5, 5.41) is 9.52. The fraction of sp³-hybridized carbons (Fsp3) is 0.167. The van der Waals surface area contributed by atoms with Crippen molar-refractivity contribution in [1.82, 2.24) is 0 Å². The van der Waals surface area contributed by atoms with Gasteiger partial charge in [-0.2, -0.15) is 5.26 Å². The zero-order chi connectivity index (χ0) is 20.0. The first-order valence-electron chi connectivity index (χ1n) is 7.58. The molecule has 9 heteroatoms. The molecule has 0 fully saturated rings. The average molecular weight is 391 g/mol. The fourth-order valence-corrected chi connectivity index (χ4v) is 2.74. The molecule has 0 saturated heterocycles. The molecular weight excluding hydrogens is 373 g/mol. The number of hydrogen-bond acceptors (Lipinski definition) is 6. The molecule has 0 bridgehead atoms. The number of benzene rings is 2. The maximum atomic E-state index is 11.0. The minimum Gasteiger partial charge on any atom is -0.493 e. The number of methoxy groups -OCH3 is 3. The molecule has 0 amide bonds. The van der Waals surface area contributed by atoms with E-state index >= 15 is 0 Å². The Morgan fingerprint density at radius 1 is 0.963 bits per heavy atom. The topological polar surface area (TPSA) is 118 Å². The van der Waals surface area contributed by atoms with Crippen molar-refractivity contribution in [3.8, 4) is 29.1 Å². The van der Waals surface area contributed by atoms with Gasteiger partial charge in [-0.15, -0.1) is 0 Å². The minimum absolute atomic E-state index is 0.104. The van der Waals surface area contributed by atoms with Gasteiger partial charge in [-0.3, -0.25) is 9.79 Å². The normalized spacial score (nSPS) is 11.5. The fourth-order valence-electron chi connectivity index (χ4n) is 2.33. The molecule has 2 aromatic rings. The van der Waals surface area contributed by atoms with Gasteiger partial charge in [0.15, 0.2) is 23.0 Å². The summed E-state index contributed by atoms with van der Waals surface area (Å²) in [6.45, 7) is 0. The molecule has 0 spiro atoms. The van der Waals surface area contributed by atoms with E-state index in [9.17, 15) is 9.83 Å². The number of nitrogens with zero attached hydrogens (tertiary/aromatic N) is 1. The van der Waals surface area contributed by atoms with Crippen LogP contribution >= 0.6 is 7.82 Å². The summed E-state index contributed by atoms with van der Waals surface area (Å²) < 4.78 is 31.1. The monoisotopic (exact) mass is 391 g/mol. The Morgan fingerprint density at radius 2 is 1.56 bits per heavy atom. The van der Waals surface area contributed by atoms with Crippen LogP contribution in [0.3, 0.4) is 0 Å². The number of phosphoric ester groups is 1. The summed E-state index contributed by atoms with van der Waals surface area (Å²) in [5.41, 5.74) is 1.54. The molecule has 2 rings (SSSR count). The zero-order valence-electron chi connectivity index (χ0n) is 14.9. The lowest BCUT2D eigenvalue weighted by Gasteiger charge is -2.12. The van der Waals surface area contributed by atoms with Crippen molar-refractivity contribution in [1.29, 1.82) is 5.26 Å². The second-order valence-corrected chi connectivity index (χ2v) is 6.40. The van der Waals surface area contributed by atoms with Gasteiger partial charge >= 0.3 is 7.82 Å². The van der Waals surface area contributed by atoms with E-state index in [4.69, 9.17) is 24.0 Å². The molecule has 2 N–H and O–H groups in total. The molecule has 0 unspecified atom stereocenters. The first-order valence-corrected chi connectivity index (χ1v) is 9.11. The highest BCUT2D eigenvalue weighted by atomic mass is 31.2. The number of nitriles is 1. The van der Waals surface area contributed by atoms with Crippen LogP contribution in [0.15, 0.2) is 36.4 Å². The predicted molar refractivity (Wildman–Crippen MR) is 98.7 cm³/mol. The van der Waals surface area contributed by atoms with Crippen LogP contribution in [-0.2, 0) is 4.57 Å². The maximum Gasteiger partial charge on any atom is 0.524 e. The third kappa shape index (κ3) is 5.25. The van der Waals surface area contributed by atoms with Crippen molar-refractivity contribution in [3.05, 3.63) is 47.5 Å². The van der Waals surface area contributed by atoms with Crippen LogP contribution < -0.4 is 18.7 Å². The van der Waals surface area contributed by atoms with Crippen molar-refractivity contribution >= 4 is 19.5 Å². The molecular formula is C18H18NO7P. The number of rotatable bonds is 7. The van der Waals surface area contributed by atoms with Gasteiger partial charge in [0, 0.05) is 0 Å². The van der Waals surface area contributed by atoms with Crippen LogP contribution in [-0.4, -0.2) is 31.1 Å². The molecule has 0 radical (unpaired) electrons. The van der Waals surface area contributed by atoms with Gasteiger partial charge < -0.3 is 18.7 Å². The molecule has 0 aliphatic heterocycles. The Labute approximate surface area is 156 Å². The third-order valence-electron chi connectivity index (χ3n) is 3.53. The van der Waals surface area contributed by atoms with Crippen LogP contribution in [0, 0.1) is 11.3 Å². The van der Waals surface area contributed by atoms with Crippen LogP contribution in [0.4, 0.5) is 0 Å². The zero-order valence-corrected chi connectivity index (χ0v) is 15.8. The Bertz CT molecular complexity index is 943. The maximum absolute atomic E-state index is 11.0. The number of allylic oxidation sites excluding steroid dienone is 1. The summed E-state index contributed by atoms with van der Waals surface area (Å²) in [6, 6.07) is 11.6. The van der Waals surface area contributed by atoms with Crippen molar-refractivity contribution in [2.24, 2.45) is 0 Å². The molecule has 27 heavy (non-hydrogen) atoms. The summed E-state index contributed by atoms with van der Waals surface area (Å²) in [5.74, 6) is 1.04. The van der Waals surface area contributed by atoms with E-state index in [0.717, 1.165) is 0 Å². The van der Waals surface area contributed by atoms with Crippen molar-refractivity contribution in [2.75, 3.05) is 21.3 Å². The van der Waals surface area contributed by atoms with Gasteiger partial charge in [0.2, 0.25) is 0 Å². The van der Waals surface area contributed by atoms with Crippen LogP contribution in [0.25, 0.3) is 11.6 Å². The van der Waals surface area contributed by atoms with Gasteiger partial charge in [0.1, 0.15) is 0 Å². The van der Waals surface area contributed by atoms with Gasteiger partial charge in [-0.1, -0.05) is 6.07 Å². The molecule has 2 aromatic carbocycles. The lowest BCUT2D eigenvalue weighted by atomic mass is 10.0. The number of phosphoric acid groups is 1. The van der Waals surface area contributed by atoms with Crippen molar-refractivity contribution in [3.63, 3.8) is 0 Å². The van der Waals surface area contributed by atoms with Crippen molar-refractivity contribution < 1.29 is 33.1 Å². The van der Waals surface area contributed by atoms with Crippen LogP contribution in [0.2, 0.25) is 0 Å². The minimum atomic E-state index is -4.71. The molecule has 0 aromatic heterocycles. The Kier molecular flexibility index (Phi) is 6.48. The second-order valence-electron chi connectivity index (χ2n) is 5.23. The number of hydrogen-bond donors (Lipinski definition) is 2. The molecule has 0 aliphatic carbocycles. The van der Waals surface area contributed by atoms with E-state index in [1.165, 1.54) is 33.5 Å². The summed E-state index contributed by atoms with van der Waals surface area (Å²) in [7, 11) is -0.350. The molecule has 0 atom stereocenters. The first kappa shape index (κ1) is 20.3. The Morgan fingerprint density at radius 3 is 2.11 bits per heavy atom. The predicted octanol–water partition coefficient (Wildman–Crippen LogP) is 3.25. The van der Waals surface area contributed by atoms with Gasteiger partial charge in [0.25, 0.3) is 0 Å². The average Bonchev–Trinajstić information content (AvgIpc) is 2.65. The number of ether oxygens (including phenoxy) is 3. The smallest absolute Gasteiger partial charge is 0.493 e. The third-order valence-corrected chi connectivity index (χ3v) is 3.97. The molecule has 8 nitrogen and oxygen atoms in total. The molecule has 0 heterocycles. The van der Waals surface area contributed by atoms with Crippen LogP contribution in [0.5, 0.6) is 23.0 Å². The Hall–Kier alpha value is -2.98. The highest BCUT2D eigenvalue weighted by Crippen LogP contribution is 2.42. The van der Waals surface area contributed by atoms with E-state index < -0.39 is 7.82 Å². The lowest BCUT2D eigenvalue weighted by Crippen LogP contribution is -1.94. The second kappa shape index (κ2) is 8.60. The lowest BCUT2D eigenvalue weighted by molar-refractivity contribution is 0.276. The Balaban J connectivity index is 2.43. The van der Waals surface area contributed by atoms with Gasteiger partial charge in [0.05, 0.1) is 33.0 Å². The largest absolute Gasteiger partial charge is 0.524 e. The van der Waals surface area contributed by atoms with E-state index in [0.29, 0.717) is 28.2 Å². The van der Waals surface area contributed by atoms with Crippen LogP contribution in [0.1, 0.15) is 11.1 Å². The van der Waals surface area contributed by atoms with E-state index in [1.807, 2.05) is 0 Å². The van der Waals surface area contributed by atoms with E-state index in [2.05, 4.69) is 10.6 Å². The molecule has 0 saturated carbocycles. The van der Waals surface area contributed by atoms with Crippen molar-refractivity contribution in [2.45, 2.75) is 0 Å². The summed E-state index contributed by atoms with van der Waals surface area (Å²) >= 11 is 0. The highest BCUT2D eigenvalue weighted by Gasteiger charge is 2.19. The van der Waals surface area contributed by atoms with Gasteiger partial charge in [-0.05, 0) is 47.5 Å².